The van der Waals surface area contributed by atoms with Crippen molar-refractivity contribution in [1.29, 1.82) is 0 Å². The number of fused-ring (bicyclic) bond motifs is 1. The summed E-state index contributed by atoms with van der Waals surface area (Å²) in [6.07, 6.45) is 9.16. The van der Waals surface area contributed by atoms with Crippen molar-refractivity contribution in [2.75, 3.05) is 32.8 Å². The Morgan fingerprint density at radius 1 is 1.18 bits per heavy atom. The maximum atomic E-state index is 13.5. The summed E-state index contributed by atoms with van der Waals surface area (Å²) in [7, 11) is 0. The van der Waals surface area contributed by atoms with E-state index in [4.69, 9.17) is 4.74 Å². The van der Waals surface area contributed by atoms with Gasteiger partial charge in [0.15, 0.2) is 0 Å². The quantitative estimate of drug-likeness (QED) is 0.699. The summed E-state index contributed by atoms with van der Waals surface area (Å²) >= 11 is 0. The van der Waals surface area contributed by atoms with E-state index in [1.165, 1.54) is 6.42 Å². The predicted octanol–water partition coefficient (Wildman–Crippen LogP) is 2.37. The van der Waals surface area contributed by atoms with Gasteiger partial charge in [0.25, 0.3) is 11.5 Å². The zero-order valence-corrected chi connectivity index (χ0v) is 19.0. The molecule has 0 atom stereocenters. The van der Waals surface area contributed by atoms with Crippen LogP contribution in [0.3, 0.4) is 0 Å². The molecule has 1 saturated heterocycles. The zero-order chi connectivity index (χ0) is 22.6. The fourth-order valence-electron chi connectivity index (χ4n) is 5.90. The minimum atomic E-state index is -0.459. The third-order valence-electron chi connectivity index (χ3n) is 8.27. The van der Waals surface area contributed by atoms with Crippen molar-refractivity contribution in [2.24, 2.45) is 5.92 Å². The number of hydrogen-bond acceptors (Lipinski definition) is 6. The van der Waals surface area contributed by atoms with Crippen LogP contribution >= 0.6 is 0 Å². The molecular formula is C25H32N4O4. The number of nitrogens with one attached hydrogen (secondary N) is 1. The molecule has 8 nitrogen and oxygen atoms in total. The number of carbonyl (C=O) groups is 1. The second-order valence-electron chi connectivity index (χ2n) is 10.5. The first-order chi connectivity index (χ1) is 16.0. The molecule has 7 rings (SSSR count). The number of aromatic hydroxyl groups is 1. The highest BCUT2D eigenvalue weighted by molar-refractivity contribution is 6.02. The highest BCUT2D eigenvalue weighted by atomic mass is 16.5. The molecule has 0 radical (unpaired) electrons. The van der Waals surface area contributed by atoms with Crippen molar-refractivity contribution in [2.45, 2.75) is 62.9 Å². The van der Waals surface area contributed by atoms with Gasteiger partial charge in [-0.05, 0) is 62.0 Å². The molecule has 0 aromatic carbocycles. The molecule has 2 bridgehead atoms. The lowest BCUT2D eigenvalue weighted by atomic mass is 9.50. The number of rotatable bonds is 6. The molecule has 5 fully saturated rings. The van der Waals surface area contributed by atoms with E-state index in [0.717, 1.165) is 63.8 Å². The van der Waals surface area contributed by atoms with E-state index in [1.54, 1.807) is 4.57 Å². The Morgan fingerprint density at radius 3 is 2.70 bits per heavy atom. The van der Waals surface area contributed by atoms with Crippen molar-refractivity contribution in [3.05, 3.63) is 33.7 Å². The highest BCUT2D eigenvalue weighted by Crippen LogP contribution is 2.57. The van der Waals surface area contributed by atoms with Gasteiger partial charge in [-0.15, -0.1) is 0 Å². The van der Waals surface area contributed by atoms with E-state index in [1.807, 2.05) is 12.3 Å². The molecule has 0 spiro atoms. The first-order valence-corrected chi connectivity index (χ1v) is 12.4. The Hall–Kier alpha value is -2.45. The lowest BCUT2D eigenvalue weighted by Gasteiger charge is -2.61. The third-order valence-corrected chi connectivity index (χ3v) is 8.27. The molecule has 0 unspecified atom stereocenters. The number of nitrogens with zero attached hydrogens (tertiary/aromatic N) is 3. The smallest absolute Gasteiger partial charge is 0.268 e. The summed E-state index contributed by atoms with van der Waals surface area (Å²) in [6, 6.07) is 1.94. The Kier molecular flexibility index (Phi) is 5.18. The molecule has 4 saturated carbocycles. The molecule has 1 aliphatic heterocycles. The van der Waals surface area contributed by atoms with Gasteiger partial charge in [-0.3, -0.25) is 19.1 Å². The second-order valence-corrected chi connectivity index (χ2v) is 10.5. The number of amides is 1. The van der Waals surface area contributed by atoms with Gasteiger partial charge in [-0.2, -0.15) is 0 Å². The summed E-state index contributed by atoms with van der Waals surface area (Å²) in [4.78, 5) is 33.7. The maximum Gasteiger partial charge on any atom is 0.268 e. The second kappa shape index (κ2) is 8.09. The Labute approximate surface area is 192 Å². The Balaban J connectivity index is 1.38. The first-order valence-electron chi connectivity index (χ1n) is 12.4. The molecule has 3 heterocycles. The predicted molar refractivity (Wildman–Crippen MR) is 124 cm³/mol. The Morgan fingerprint density at radius 2 is 2.00 bits per heavy atom. The van der Waals surface area contributed by atoms with Gasteiger partial charge in [-0.25, -0.2) is 4.98 Å². The van der Waals surface area contributed by atoms with Crippen molar-refractivity contribution < 1.29 is 14.6 Å². The van der Waals surface area contributed by atoms with E-state index < -0.39 is 11.5 Å². The molecule has 1 amide bonds. The number of ether oxygens (including phenoxy) is 1. The van der Waals surface area contributed by atoms with Gasteiger partial charge in [0.2, 0.25) is 0 Å². The van der Waals surface area contributed by atoms with Gasteiger partial charge in [-0.1, -0.05) is 6.42 Å². The minimum absolute atomic E-state index is 0.140. The SMILES string of the molecule is O=C(NC12CC(C1)C2)c1c(O)c2cc(C3CCC3)cnc2n(CCN2CCCOCC2)c1=O. The van der Waals surface area contributed by atoms with Crippen LogP contribution in [-0.2, 0) is 11.3 Å². The van der Waals surface area contributed by atoms with Crippen LogP contribution in [0.25, 0.3) is 11.0 Å². The monoisotopic (exact) mass is 452 g/mol. The summed E-state index contributed by atoms with van der Waals surface area (Å²) in [5, 5.41) is 14.7. The highest BCUT2D eigenvalue weighted by Gasteiger charge is 2.57. The van der Waals surface area contributed by atoms with Crippen molar-refractivity contribution in [3.8, 4) is 5.75 Å². The van der Waals surface area contributed by atoms with Crippen LogP contribution in [-0.4, -0.2) is 63.9 Å². The van der Waals surface area contributed by atoms with E-state index >= 15 is 0 Å². The van der Waals surface area contributed by atoms with E-state index in [9.17, 15) is 14.7 Å². The lowest BCUT2D eigenvalue weighted by Crippen LogP contribution is -2.68. The van der Waals surface area contributed by atoms with Crippen LogP contribution in [0.15, 0.2) is 17.1 Å². The topological polar surface area (TPSA) is 96.7 Å². The van der Waals surface area contributed by atoms with Crippen LogP contribution in [0.1, 0.15) is 66.8 Å². The molecule has 2 aromatic heterocycles. The van der Waals surface area contributed by atoms with Crippen LogP contribution < -0.4 is 10.9 Å². The van der Waals surface area contributed by atoms with Gasteiger partial charge >= 0.3 is 0 Å². The average molecular weight is 453 g/mol. The van der Waals surface area contributed by atoms with Crippen LogP contribution in [0.2, 0.25) is 0 Å². The summed E-state index contributed by atoms with van der Waals surface area (Å²) in [6.45, 7) is 4.27. The molecule has 5 aliphatic rings. The molecular weight excluding hydrogens is 420 g/mol. The molecule has 176 valence electrons. The van der Waals surface area contributed by atoms with Crippen molar-refractivity contribution in [1.82, 2.24) is 19.8 Å². The Bertz CT molecular complexity index is 1130. The van der Waals surface area contributed by atoms with Gasteiger partial charge in [0.05, 0.1) is 12.0 Å². The van der Waals surface area contributed by atoms with E-state index in [-0.39, 0.29) is 16.9 Å². The summed E-state index contributed by atoms with van der Waals surface area (Å²) < 4.78 is 7.13. The molecule has 8 heteroatoms. The zero-order valence-electron chi connectivity index (χ0n) is 19.0. The molecule has 2 N–H and O–H groups in total. The van der Waals surface area contributed by atoms with E-state index in [0.29, 0.717) is 42.6 Å². The number of carbonyl (C=O) groups excluding carboxylic acids is 1. The van der Waals surface area contributed by atoms with Crippen LogP contribution in [0, 0.1) is 5.92 Å². The average Bonchev–Trinajstić information content (AvgIpc) is 2.98. The summed E-state index contributed by atoms with van der Waals surface area (Å²) in [5.41, 5.74) is 0.759. The molecule has 2 aromatic rings. The normalized spacial score (nSPS) is 27.3. The van der Waals surface area contributed by atoms with Crippen LogP contribution in [0.5, 0.6) is 5.75 Å². The van der Waals surface area contributed by atoms with Crippen molar-refractivity contribution >= 4 is 16.9 Å². The number of pyridine rings is 2. The number of aromatic nitrogens is 2. The van der Waals surface area contributed by atoms with Crippen LogP contribution in [0.4, 0.5) is 0 Å². The maximum absolute atomic E-state index is 13.5. The first kappa shape index (κ1) is 21.1. The molecule has 33 heavy (non-hydrogen) atoms. The largest absolute Gasteiger partial charge is 0.506 e. The standard InChI is InChI=1S/C25H32N4O4/c30-21-19-11-18(17-3-1-4-17)15-26-22(19)29(7-6-28-5-2-9-33-10-8-28)24(32)20(21)23(31)27-25-12-16(13-25)14-25/h11,15-17,30H,1-10,12-14H2,(H,27,31). The number of hydrogen-bond donors (Lipinski definition) is 2. The van der Waals surface area contributed by atoms with Crippen molar-refractivity contribution in [3.63, 3.8) is 0 Å². The molecule has 4 aliphatic carbocycles. The van der Waals surface area contributed by atoms with Gasteiger partial charge < -0.3 is 15.2 Å². The lowest BCUT2D eigenvalue weighted by molar-refractivity contribution is -0.0439. The summed E-state index contributed by atoms with van der Waals surface area (Å²) in [5.74, 6) is 0.464. The third kappa shape index (κ3) is 3.64. The van der Waals surface area contributed by atoms with E-state index in [2.05, 4.69) is 15.2 Å². The van der Waals surface area contributed by atoms with Gasteiger partial charge in [0.1, 0.15) is 17.0 Å². The minimum Gasteiger partial charge on any atom is -0.506 e. The fourth-order valence-corrected chi connectivity index (χ4v) is 5.90. The fraction of sp³-hybridized carbons (Fsp3) is 0.640. The van der Waals surface area contributed by atoms with Gasteiger partial charge in [0, 0.05) is 44.5 Å².